The Morgan fingerprint density at radius 2 is 2.03 bits per heavy atom. The van der Waals surface area contributed by atoms with E-state index in [1.165, 1.54) is 17.5 Å². The van der Waals surface area contributed by atoms with E-state index in [9.17, 15) is 4.79 Å². The minimum absolute atomic E-state index is 0.0874. The molecular formula is C23H27N3O2S. The molecule has 152 valence electrons. The molecule has 1 fully saturated rings. The van der Waals surface area contributed by atoms with Crippen LogP contribution >= 0.6 is 11.3 Å². The monoisotopic (exact) mass is 409 g/mol. The van der Waals surface area contributed by atoms with Crippen LogP contribution in [0.25, 0.3) is 10.2 Å². The number of pyridine rings is 1. The van der Waals surface area contributed by atoms with Gasteiger partial charge in [0.05, 0.1) is 15.2 Å². The van der Waals surface area contributed by atoms with Gasteiger partial charge in [-0.15, -0.1) is 11.3 Å². The van der Waals surface area contributed by atoms with Crippen LogP contribution in [0, 0.1) is 0 Å². The van der Waals surface area contributed by atoms with E-state index in [0.29, 0.717) is 24.9 Å². The van der Waals surface area contributed by atoms with Gasteiger partial charge in [-0.2, -0.15) is 0 Å². The molecule has 0 bridgehead atoms. The number of fused-ring (bicyclic) bond motifs is 1. The lowest BCUT2D eigenvalue weighted by molar-refractivity contribution is -0.121. The molecule has 0 saturated heterocycles. The number of rotatable bonds is 9. The van der Waals surface area contributed by atoms with Gasteiger partial charge in [0.2, 0.25) is 11.8 Å². The number of carbonyl (C=O) groups excluding carboxylic acids is 1. The molecule has 1 amide bonds. The number of aryl methyl sites for hydroxylation is 1. The fraction of sp³-hybridized carbons (Fsp3) is 0.435. The van der Waals surface area contributed by atoms with Crippen molar-refractivity contribution < 1.29 is 9.53 Å². The van der Waals surface area contributed by atoms with Crippen LogP contribution in [0.2, 0.25) is 0 Å². The molecule has 1 aromatic carbocycles. The number of nitrogens with one attached hydrogen (secondary N) is 1. The molecule has 1 saturated carbocycles. The molecule has 0 unspecified atom stereocenters. The number of ether oxygens (including phenoxy) is 1. The van der Waals surface area contributed by atoms with E-state index in [1.54, 1.807) is 17.5 Å². The lowest BCUT2D eigenvalue weighted by Crippen LogP contribution is -2.22. The maximum absolute atomic E-state index is 12.2. The molecule has 0 atom stereocenters. The van der Waals surface area contributed by atoms with Gasteiger partial charge in [-0.05, 0) is 68.7 Å². The third-order valence-corrected chi connectivity index (χ3v) is 6.36. The molecule has 2 heterocycles. The number of para-hydroxylation sites is 1. The van der Waals surface area contributed by atoms with E-state index in [2.05, 4.69) is 21.4 Å². The number of nitrogens with zero attached hydrogens (tertiary/aromatic N) is 2. The predicted octanol–water partition coefficient (Wildman–Crippen LogP) is 5.04. The highest BCUT2D eigenvalue weighted by Gasteiger charge is 2.17. The summed E-state index contributed by atoms with van der Waals surface area (Å²) in [5.74, 6) is 0.754. The third kappa shape index (κ3) is 5.76. The summed E-state index contributed by atoms with van der Waals surface area (Å²) in [6, 6.07) is 12.1. The van der Waals surface area contributed by atoms with Gasteiger partial charge in [0.1, 0.15) is 6.10 Å². The summed E-state index contributed by atoms with van der Waals surface area (Å²) in [7, 11) is 0. The van der Waals surface area contributed by atoms with Gasteiger partial charge in [-0.25, -0.2) is 9.97 Å². The fourth-order valence-electron chi connectivity index (χ4n) is 3.68. The zero-order valence-corrected chi connectivity index (χ0v) is 17.4. The number of unbranched alkanes of at least 4 members (excludes halogenated alkanes) is 1. The van der Waals surface area contributed by atoms with Crippen molar-refractivity contribution in [1.82, 2.24) is 15.3 Å². The number of aromatic nitrogens is 2. The van der Waals surface area contributed by atoms with Crippen LogP contribution in [0.1, 0.15) is 55.5 Å². The molecule has 6 heteroatoms. The van der Waals surface area contributed by atoms with Crippen molar-refractivity contribution in [3.05, 3.63) is 53.2 Å². The largest absolute Gasteiger partial charge is 0.474 e. The molecule has 1 N–H and O–H groups in total. The summed E-state index contributed by atoms with van der Waals surface area (Å²) >= 11 is 1.75. The van der Waals surface area contributed by atoms with Crippen molar-refractivity contribution >= 4 is 27.5 Å². The first-order valence-electron chi connectivity index (χ1n) is 10.5. The highest BCUT2D eigenvalue weighted by molar-refractivity contribution is 7.18. The summed E-state index contributed by atoms with van der Waals surface area (Å²) in [6.07, 6.45) is 10.1. The molecule has 29 heavy (non-hydrogen) atoms. The van der Waals surface area contributed by atoms with Crippen molar-refractivity contribution in [2.45, 2.75) is 64.0 Å². The van der Waals surface area contributed by atoms with Crippen molar-refractivity contribution in [2.24, 2.45) is 0 Å². The van der Waals surface area contributed by atoms with Crippen molar-refractivity contribution in [1.29, 1.82) is 0 Å². The first-order valence-corrected chi connectivity index (χ1v) is 11.3. The van der Waals surface area contributed by atoms with E-state index in [0.717, 1.165) is 48.2 Å². The van der Waals surface area contributed by atoms with Crippen molar-refractivity contribution in [3.63, 3.8) is 0 Å². The lowest BCUT2D eigenvalue weighted by Gasteiger charge is -2.13. The second-order valence-electron chi connectivity index (χ2n) is 7.59. The lowest BCUT2D eigenvalue weighted by atomic mass is 10.2. The summed E-state index contributed by atoms with van der Waals surface area (Å²) in [6.45, 7) is 0.514. The summed E-state index contributed by atoms with van der Waals surface area (Å²) < 4.78 is 7.17. The van der Waals surface area contributed by atoms with Crippen LogP contribution in [-0.2, 0) is 17.8 Å². The summed E-state index contributed by atoms with van der Waals surface area (Å²) in [5, 5.41) is 4.16. The van der Waals surface area contributed by atoms with Crippen molar-refractivity contribution in [2.75, 3.05) is 0 Å². The van der Waals surface area contributed by atoms with E-state index < -0.39 is 0 Å². The topological polar surface area (TPSA) is 64.1 Å². The van der Waals surface area contributed by atoms with Crippen molar-refractivity contribution in [3.8, 4) is 5.88 Å². The maximum atomic E-state index is 12.2. The van der Waals surface area contributed by atoms with E-state index in [1.807, 2.05) is 30.3 Å². The molecule has 4 rings (SSSR count). The average molecular weight is 410 g/mol. The third-order valence-electron chi connectivity index (χ3n) is 5.26. The zero-order valence-electron chi connectivity index (χ0n) is 16.6. The first kappa shape index (κ1) is 19.8. The molecule has 1 aliphatic carbocycles. The van der Waals surface area contributed by atoms with Crippen LogP contribution < -0.4 is 10.1 Å². The smallest absolute Gasteiger partial charge is 0.220 e. The molecule has 0 spiro atoms. The Hall–Kier alpha value is -2.47. The van der Waals surface area contributed by atoms with Gasteiger partial charge in [0.25, 0.3) is 0 Å². The number of hydrogen-bond acceptors (Lipinski definition) is 5. The van der Waals surface area contributed by atoms with E-state index in [-0.39, 0.29) is 5.91 Å². The van der Waals surface area contributed by atoms with Gasteiger partial charge < -0.3 is 10.1 Å². The molecule has 0 aliphatic heterocycles. The van der Waals surface area contributed by atoms with E-state index in [4.69, 9.17) is 4.74 Å². The molecule has 0 radical (unpaired) electrons. The number of benzene rings is 1. The van der Waals surface area contributed by atoms with Gasteiger partial charge in [0.15, 0.2) is 0 Å². The minimum Gasteiger partial charge on any atom is -0.474 e. The Kier molecular flexibility index (Phi) is 6.72. The van der Waals surface area contributed by atoms with Crippen LogP contribution in [0.15, 0.2) is 42.6 Å². The first-order chi connectivity index (χ1) is 14.3. The van der Waals surface area contributed by atoms with Gasteiger partial charge in [0, 0.05) is 25.2 Å². The standard InChI is InChI=1S/C23H27N3O2S/c27-21(11-5-6-12-23-26-19-9-3-4-10-20(19)29-23)25-16-17-13-14-24-22(15-17)28-18-7-1-2-8-18/h3-4,9-10,13-15,18H,1-2,5-8,11-12,16H2,(H,25,27). The average Bonchev–Trinajstić information content (AvgIpc) is 3.39. The summed E-state index contributed by atoms with van der Waals surface area (Å²) in [5.41, 5.74) is 2.09. The normalized spacial score (nSPS) is 14.3. The molecule has 3 aromatic rings. The van der Waals surface area contributed by atoms with Crippen LogP contribution in [0.5, 0.6) is 5.88 Å². The Labute approximate surface area is 175 Å². The summed E-state index contributed by atoms with van der Waals surface area (Å²) in [4.78, 5) is 21.1. The minimum atomic E-state index is 0.0874. The number of carbonyl (C=O) groups is 1. The predicted molar refractivity (Wildman–Crippen MR) is 116 cm³/mol. The number of amides is 1. The van der Waals surface area contributed by atoms with Crippen LogP contribution in [0.3, 0.4) is 0 Å². The van der Waals surface area contributed by atoms with Gasteiger partial charge in [-0.3, -0.25) is 4.79 Å². The maximum Gasteiger partial charge on any atom is 0.220 e. The fourth-order valence-corrected chi connectivity index (χ4v) is 4.69. The Morgan fingerprint density at radius 3 is 2.90 bits per heavy atom. The molecule has 5 nitrogen and oxygen atoms in total. The van der Waals surface area contributed by atoms with Crippen LogP contribution in [0.4, 0.5) is 0 Å². The molecular weight excluding hydrogens is 382 g/mol. The van der Waals surface area contributed by atoms with Crippen LogP contribution in [-0.4, -0.2) is 22.0 Å². The Balaban J connectivity index is 1.16. The zero-order chi connectivity index (χ0) is 19.9. The highest BCUT2D eigenvalue weighted by atomic mass is 32.1. The van der Waals surface area contributed by atoms with Gasteiger partial charge in [-0.1, -0.05) is 12.1 Å². The Morgan fingerprint density at radius 1 is 1.17 bits per heavy atom. The second kappa shape index (κ2) is 9.83. The Bertz CT molecular complexity index is 917. The van der Waals surface area contributed by atoms with Gasteiger partial charge >= 0.3 is 0 Å². The molecule has 2 aromatic heterocycles. The quantitative estimate of drug-likeness (QED) is 0.503. The SMILES string of the molecule is O=C(CCCCc1nc2ccccc2s1)NCc1ccnc(OC2CCCC2)c1. The molecule has 1 aliphatic rings. The van der Waals surface area contributed by atoms with E-state index >= 15 is 0 Å². The second-order valence-corrected chi connectivity index (χ2v) is 8.70. The highest BCUT2D eigenvalue weighted by Crippen LogP contribution is 2.24. The number of thiazole rings is 1. The number of hydrogen-bond donors (Lipinski definition) is 1.